The van der Waals surface area contributed by atoms with Gasteiger partial charge in [0.05, 0.1) is 0 Å². The Balaban J connectivity index is 2.53. The molecular formula is C17H21O3P. The lowest BCUT2D eigenvalue weighted by molar-refractivity contribution is 0.474. The topological polar surface area (TPSA) is 60.7 Å². The maximum atomic E-state index is 9.67. The molecule has 0 aromatic heterocycles. The molecule has 0 radical (unpaired) electrons. The molecule has 0 saturated heterocycles. The van der Waals surface area contributed by atoms with E-state index in [0.29, 0.717) is 11.7 Å². The molecule has 2 aromatic rings. The average Bonchev–Trinajstić information content (AvgIpc) is 2.42. The largest absolute Gasteiger partial charge is 0.508 e. The van der Waals surface area contributed by atoms with Gasteiger partial charge in [-0.2, -0.15) is 0 Å². The summed E-state index contributed by atoms with van der Waals surface area (Å²) in [5, 5.41) is 10.3. The highest BCUT2D eigenvalue weighted by molar-refractivity contribution is 7.54. The van der Waals surface area contributed by atoms with Crippen LogP contribution in [0.2, 0.25) is 0 Å². The van der Waals surface area contributed by atoms with Crippen molar-refractivity contribution in [3.05, 3.63) is 58.1 Å². The van der Waals surface area contributed by atoms with Gasteiger partial charge in [-0.05, 0) is 72.7 Å². The Morgan fingerprint density at radius 2 is 1.62 bits per heavy atom. The van der Waals surface area contributed by atoms with Crippen LogP contribution in [0.25, 0.3) is 0 Å². The predicted molar refractivity (Wildman–Crippen MR) is 87.2 cm³/mol. The highest BCUT2D eigenvalue weighted by Crippen LogP contribution is 2.30. The first-order valence-corrected chi connectivity index (χ1v) is 8.26. The summed E-state index contributed by atoms with van der Waals surface area (Å²) in [7, 11) is -2.11. The number of hydrogen-bond donors (Lipinski definition) is 3. The van der Waals surface area contributed by atoms with Gasteiger partial charge in [-0.25, -0.2) is 0 Å². The molecule has 21 heavy (non-hydrogen) atoms. The van der Waals surface area contributed by atoms with Crippen LogP contribution in [0.15, 0.2) is 30.3 Å². The summed E-state index contributed by atoms with van der Waals surface area (Å²) < 4.78 is 0. The molecule has 3 N–H and O–H groups in total. The van der Waals surface area contributed by atoms with Gasteiger partial charge in [0.25, 0.3) is 0 Å². The van der Waals surface area contributed by atoms with Crippen LogP contribution < -0.4 is 5.30 Å². The minimum atomic E-state index is -2.11. The van der Waals surface area contributed by atoms with Gasteiger partial charge < -0.3 is 14.9 Å². The third-order valence-corrected chi connectivity index (χ3v) is 4.73. The molecular weight excluding hydrogens is 283 g/mol. The maximum absolute atomic E-state index is 9.67. The Morgan fingerprint density at radius 1 is 1.00 bits per heavy atom. The van der Waals surface area contributed by atoms with Gasteiger partial charge >= 0.3 is 0 Å². The Bertz CT molecular complexity index is 627. The minimum absolute atomic E-state index is 0.268. The third kappa shape index (κ3) is 3.44. The highest BCUT2D eigenvalue weighted by atomic mass is 31.2. The van der Waals surface area contributed by atoms with E-state index in [1.807, 2.05) is 26.0 Å². The molecule has 0 saturated carbocycles. The molecule has 0 aliphatic rings. The molecule has 3 nitrogen and oxygen atoms in total. The van der Waals surface area contributed by atoms with Gasteiger partial charge in [0.15, 0.2) is 8.38 Å². The van der Waals surface area contributed by atoms with Crippen molar-refractivity contribution in [2.75, 3.05) is 0 Å². The summed E-state index contributed by atoms with van der Waals surface area (Å²) in [6, 6.07) is 9.18. The molecule has 0 amide bonds. The van der Waals surface area contributed by atoms with E-state index in [9.17, 15) is 14.9 Å². The monoisotopic (exact) mass is 304 g/mol. The standard InChI is InChI=1S/C17H21O3P/c1-4-13-6-5-7-17(21(19)20)16(13)10-15-11(2)8-14(18)9-12(15)3/h5-9,18-20H,4,10H2,1-3H3. The summed E-state index contributed by atoms with van der Waals surface area (Å²) >= 11 is 0. The molecule has 2 rings (SSSR count). The van der Waals surface area contributed by atoms with Crippen LogP contribution in [0.5, 0.6) is 5.75 Å². The smallest absolute Gasteiger partial charge is 0.199 e. The first-order chi connectivity index (χ1) is 9.93. The molecule has 0 unspecified atom stereocenters. The molecule has 4 heteroatoms. The fourth-order valence-electron chi connectivity index (χ4n) is 2.77. The molecule has 0 aliphatic carbocycles. The quantitative estimate of drug-likeness (QED) is 0.761. The zero-order chi connectivity index (χ0) is 15.6. The van der Waals surface area contributed by atoms with Crippen molar-refractivity contribution < 1.29 is 14.9 Å². The van der Waals surface area contributed by atoms with Gasteiger partial charge in [0, 0.05) is 5.30 Å². The Labute approximate surface area is 126 Å². The summed E-state index contributed by atoms with van der Waals surface area (Å²) in [6.07, 6.45) is 1.50. The summed E-state index contributed by atoms with van der Waals surface area (Å²) in [6.45, 7) is 6.00. The van der Waals surface area contributed by atoms with Crippen LogP contribution in [-0.4, -0.2) is 14.9 Å². The Kier molecular flexibility index (Phi) is 5.00. The maximum Gasteiger partial charge on any atom is 0.199 e. The van der Waals surface area contributed by atoms with E-state index >= 15 is 0 Å². The van der Waals surface area contributed by atoms with Crippen molar-refractivity contribution in [3.63, 3.8) is 0 Å². The lowest BCUT2D eigenvalue weighted by Gasteiger charge is -2.17. The Morgan fingerprint density at radius 3 is 2.14 bits per heavy atom. The van der Waals surface area contributed by atoms with Gasteiger partial charge in [0.1, 0.15) is 5.75 Å². The second kappa shape index (κ2) is 6.57. The van der Waals surface area contributed by atoms with Crippen molar-refractivity contribution >= 4 is 13.7 Å². The minimum Gasteiger partial charge on any atom is -0.508 e. The van der Waals surface area contributed by atoms with Gasteiger partial charge in [-0.15, -0.1) is 0 Å². The highest BCUT2D eigenvalue weighted by Gasteiger charge is 2.16. The number of rotatable bonds is 4. The average molecular weight is 304 g/mol. The molecule has 2 aromatic carbocycles. The molecule has 0 heterocycles. The molecule has 0 aliphatic heterocycles. The first-order valence-electron chi connectivity index (χ1n) is 7.01. The van der Waals surface area contributed by atoms with E-state index in [0.717, 1.165) is 34.2 Å². The van der Waals surface area contributed by atoms with Crippen molar-refractivity contribution in [3.8, 4) is 5.75 Å². The van der Waals surface area contributed by atoms with Crippen LogP contribution in [0.1, 0.15) is 34.7 Å². The van der Waals surface area contributed by atoms with Crippen molar-refractivity contribution in [2.45, 2.75) is 33.6 Å². The van der Waals surface area contributed by atoms with Crippen molar-refractivity contribution in [1.29, 1.82) is 0 Å². The zero-order valence-electron chi connectivity index (χ0n) is 12.6. The van der Waals surface area contributed by atoms with E-state index in [-0.39, 0.29) is 5.75 Å². The number of benzene rings is 2. The van der Waals surface area contributed by atoms with E-state index in [1.54, 1.807) is 18.2 Å². The third-order valence-electron chi connectivity index (χ3n) is 3.88. The zero-order valence-corrected chi connectivity index (χ0v) is 13.5. The van der Waals surface area contributed by atoms with Crippen LogP contribution >= 0.6 is 8.38 Å². The number of phenolic OH excluding ortho intramolecular Hbond substituents is 1. The number of aryl methyl sites for hydroxylation is 3. The predicted octanol–water partition coefficient (Wildman–Crippen LogP) is 3.08. The van der Waals surface area contributed by atoms with E-state index < -0.39 is 8.38 Å². The SMILES string of the molecule is CCc1cccc(P(O)O)c1Cc1c(C)cc(O)cc1C. The van der Waals surface area contributed by atoms with Crippen molar-refractivity contribution in [1.82, 2.24) is 0 Å². The number of phenols is 1. The Hall–Kier alpha value is -1.41. The second-order valence-electron chi connectivity index (χ2n) is 5.29. The lowest BCUT2D eigenvalue weighted by Crippen LogP contribution is -2.13. The molecule has 0 bridgehead atoms. The normalized spacial score (nSPS) is 11.1. The first kappa shape index (κ1) is 16.0. The van der Waals surface area contributed by atoms with E-state index in [1.165, 1.54) is 0 Å². The molecule has 0 atom stereocenters. The lowest BCUT2D eigenvalue weighted by atomic mass is 9.92. The van der Waals surface area contributed by atoms with Gasteiger partial charge in [-0.1, -0.05) is 19.1 Å². The number of aromatic hydroxyl groups is 1. The molecule has 0 fully saturated rings. The van der Waals surface area contributed by atoms with E-state index in [4.69, 9.17) is 0 Å². The van der Waals surface area contributed by atoms with Crippen LogP contribution in [0, 0.1) is 13.8 Å². The molecule has 112 valence electrons. The van der Waals surface area contributed by atoms with E-state index in [2.05, 4.69) is 6.92 Å². The summed E-state index contributed by atoms with van der Waals surface area (Å²) in [5.74, 6) is 0.268. The number of hydrogen-bond acceptors (Lipinski definition) is 3. The van der Waals surface area contributed by atoms with Gasteiger partial charge in [-0.3, -0.25) is 0 Å². The summed E-state index contributed by atoms with van der Waals surface area (Å²) in [5.41, 5.74) is 5.30. The van der Waals surface area contributed by atoms with Crippen molar-refractivity contribution in [2.24, 2.45) is 0 Å². The fourth-order valence-corrected chi connectivity index (χ4v) is 3.45. The van der Waals surface area contributed by atoms with Gasteiger partial charge in [0.2, 0.25) is 0 Å². The van der Waals surface area contributed by atoms with Crippen LogP contribution in [0.4, 0.5) is 0 Å². The van der Waals surface area contributed by atoms with Crippen LogP contribution in [0.3, 0.4) is 0 Å². The van der Waals surface area contributed by atoms with Crippen LogP contribution in [-0.2, 0) is 12.8 Å². The summed E-state index contributed by atoms with van der Waals surface area (Å²) in [4.78, 5) is 19.3. The fraction of sp³-hybridized carbons (Fsp3) is 0.294. The second-order valence-corrected chi connectivity index (χ2v) is 6.35. The molecule has 0 spiro atoms.